The van der Waals surface area contributed by atoms with E-state index in [9.17, 15) is 14.4 Å². The Hall–Kier alpha value is -3.39. The van der Waals surface area contributed by atoms with Crippen molar-refractivity contribution >= 4 is 29.1 Å². The van der Waals surface area contributed by atoms with E-state index in [2.05, 4.69) is 29.4 Å². The van der Waals surface area contributed by atoms with Gasteiger partial charge in [0.2, 0.25) is 5.91 Å². The van der Waals surface area contributed by atoms with Crippen molar-refractivity contribution in [1.82, 2.24) is 10.2 Å². The Bertz CT molecular complexity index is 1090. The molecule has 0 bridgehead atoms. The van der Waals surface area contributed by atoms with Crippen molar-refractivity contribution in [1.29, 1.82) is 0 Å². The molecule has 8 nitrogen and oxygen atoms in total. The van der Waals surface area contributed by atoms with Gasteiger partial charge in [-0.2, -0.15) is 0 Å². The van der Waals surface area contributed by atoms with E-state index in [-0.39, 0.29) is 23.8 Å². The number of hydrogen-bond acceptors (Lipinski definition) is 5. The molecule has 2 aliphatic heterocycles. The van der Waals surface area contributed by atoms with Crippen LogP contribution in [0, 0.1) is 0 Å². The number of rotatable bonds is 7. The van der Waals surface area contributed by atoms with Crippen molar-refractivity contribution in [2.24, 2.45) is 0 Å². The second-order valence-electron chi connectivity index (χ2n) is 9.41. The first kappa shape index (κ1) is 24.7. The van der Waals surface area contributed by atoms with Crippen LogP contribution in [0.3, 0.4) is 0 Å². The van der Waals surface area contributed by atoms with Gasteiger partial charge in [0.05, 0.1) is 12.8 Å². The Labute approximate surface area is 206 Å². The molecular weight excluding hydrogens is 444 g/mol. The smallest absolute Gasteiger partial charge is 0.257 e. The van der Waals surface area contributed by atoms with Gasteiger partial charge in [-0.3, -0.25) is 14.4 Å². The molecule has 2 aliphatic rings. The van der Waals surface area contributed by atoms with E-state index in [4.69, 9.17) is 4.74 Å². The van der Waals surface area contributed by atoms with Gasteiger partial charge < -0.3 is 25.2 Å². The maximum atomic E-state index is 13.3. The number of hydrogen-bond donors (Lipinski definition) is 2. The number of methoxy groups -OCH3 is 1. The summed E-state index contributed by atoms with van der Waals surface area (Å²) >= 11 is 0. The van der Waals surface area contributed by atoms with Crippen molar-refractivity contribution in [2.75, 3.05) is 37.0 Å². The largest absolute Gasteiger partial charge is 0.496 e. The van der Waals surface area contributed by atoms with Gasteiger partial charge >= 0.3 is 0 Å². The van der Waals surface area contributed by atoms with Crippen LogP contribution in [0.5, 0.6) is 5.75 Å². The van der Waals surface area contributed by atoms with Crippen LogP contribution in [-0.4, -0.2) is 61.4 Å². The average molecular weight is 479 g/mol. The number of carbonyl (C=O) groups excluding carboxylic acids is 3. The van der Waals surface area contributed by atoms with E-state index < -0.39 is 0 Å². The monoisotopic (exact) mass is 478 g/mol. The van der Waals surface area contributed by atoms with E-state index >= 15 is 0 Å². The van der Waals surface area contributed by atoms with Crippen LogP contribution in [-0.2, 0) is 4.79 Å². The lowest BCUT2D eigenvalue weighted by atomic mass is 10.0. The molecule has 0 radical (unpaired) electrons. The van der Waals surface area contributed by atoms with E-state index in [1.54, 1.807) is 41.3 Å². The van der Waals surface area contributed by atoms with Crippen LogP contribution in [0.1, 0.15) is 60.2 Å². The standard InChI is InChI=1S/C27H34N4O4/c1-18(2)30-15-12-20(13-16-30)28-27(34)25-22(9-5-10-23(25)35-3)29-26(33)19-7-4-8-21(17-19)31-14-6-11-24(31)32/h4-5,7-10,17-18,20H,6,11-16H2,1-3H3,(H,28,34)(H,29,33). The van der Waals surface area contributed by atoms with Crippen LogP contribution < -0.4 is 20.3 Å². The van der Waals surface area contributed by atoms with Gasteiger partial charge in [0.15, 0.2) is 0 Å². The maximum Gasteiger partial charge on any atom is 0.257 e. The van der Waals surface area contributed by atoms with Gasteiger partial charge in [0.25, 0.3) is 11.8 Å². The molecule has 2 heterocycles. The number of nitrogens with zero attached hydrogens (tertiary/aromatic N) is 2. The highest BCUT2D eigenvalue weighted by atomic mass is 16.5. The fraction of sp³-hybridized carbons (Fsp3) is 0.444. The van der Waals surface area contributed by atoms with Gasteiger partial charge in [-0.1, -0.05) is 12.1 Å². The molecule has 0 spiro atoms. The van der Waals surface area contributed by atoms with E-state index in [1.165, 1.54) is 7.11 Å². The third-order valence-corrected chi connectivity index (χ3v) is 6.81. The van der Waals surface area contributed by atoms with Gasteiger partial charge in [-0.25, -0.2) is 0 Å². The summed E-state index contributed by atoms with van der Waals surface area (Å²) in [4.78, 5) is 42.7. The second kappa shape index (κ2) is 10.9. The number of ether oxygens (including phenoxy) is 1. The fourth-order valence-corrected chi connectivity index (χ4v) is 4.79. The first-order chi connectivity index (χ1) is 16.9. The lowest BCUT2D eigenvalue weighted by Gasteiger charge is -2.35. The molecule has 35 heavy (non-hydrogen) atoms. The zero-order valence-electron chi connectivity index (χ0n) is 20.7. The summed E-state index contributed by atoms with van der Waals surface area (Å²) in [7, 11) is 1.51. The Morgan fingerprint density at radius 1 is 1.03 bits per heavy atom. The van der Waals surface area contributed by atoms with Crippen LogP contribution >= 0.6 is 0 Å². The number of piperidine rings is 1. The highest BCUT2D eigenvalue weighted by Gasteiger charge is 2.26. The number of benzene rings is 2. The Kier molecular flexibility index (Phi) is 7.70. The molecule has 2 aromatic carbocycles. The summed E-state index contributed by atoms with van der Waals surface area (Å²) < 4.78 is 5.47. The van der Waals surface area contributed by atoms with Crippen molar-refractivity contribution in [2.45, 2.75) is 51.6 Å². The molecule has 2 N–H and O–H groups in total. The zero-order valence-corrected chi connectivity index (χ0v) is 20.7. The van der Waals surface area contributed by atoms with E-state index in [0.717, 1.165) is 32.4 Å². The fourth-order valence-electron chi connectivity index (χ4n) is 4.79. The zero-order chi connectivity index (χ0) is 24.9. The number of amides is 3. The molecule has 3 amide bonds. The minimum atomic E-state index is -0.356. The summed E-state index contributed by atoms with van der Waals surface area (Å²) in [5, 5.41) is 6.01. The molecule has 2 fully saturated rings. The van der Waals surface area contributed by atoms with Gasteiger partial charge in [-0.15, -0.1) is 0 Å². The summed E-state index contributed by atoms with van der Waals surface area (Å²) in [6.45, 7) is 6.89. The quantitative estimate of drug-likeness (QED) is 0.634. The number of anilines is 2. The molecule has 2 saturated heterocycles. The lowest BCUT2D eigenvalue weighted by molar-refractivity contribution is -0.117. The number of carbonyl (C=O) groups is 3. The molecule has 2 aromatic rings. The van der Waals surface area contributed by atoms with Crippen LogP contribution in [0.2, 0.25) is 0 Å². The summed E-state index contributed by atoms with van der Waals surface area (Å²) in [6, 6.07) is 12.7. The van der Waals surface area contributed by atoms with Gasteiger partial charge in [0.1, 0.15) is 11.3 Å². The summed E-state index contributed by atoms with van der Waals surface area (Å²) in [5.41, 5.74) is 1.81. The highest BCUT2D eigenvalue weighted by molar-refractivity contribution is 6.10. The first-order valence-electron chi connectivity index (χ1n) is 12.3. The second-order valence-corrected chi connectivity index (χ2v) is 9.41. The van der Waals surface area contributed by atoms with Gasteiger partial charge in [0, 0.05) is 49.4 Å². The highest BCUT2D eigenvalue weighted by Crippen LogP contribution is 2.28. The lowest BCUT2D eigenvalue weighted by Crippen LogP contribution is -2.46. The van der Waals surface area contributed by atoms with Crippen LogP contribution in [0.25, 0.3) is 0 Å². The van der Waals surface area contributed by atoms with Crippen molar-refractivity contribution in [3.63, 3.8) is 0 Å². The molecule has 186 valence electrons. The molecule has 0 aliphatic carbocycles. The Morgan fingerprint density at radius 3 is 2.43 bits per heavy atom. The van der Waals surface area contributed by atoms with Crippen LogP contribution in [0.4, 0.5) is 11.4 Å². The third-order valence-electron chi connectivity index (χ3n) is 6.81. The third kappa shape index (κ3) is 5.65. The molecule has 0 unspecified atom stereocenters. The first-order valence-corrected chi connectivity index (χ1v) is 12.3. The molecule has 0 saturated carbocycles. The van der Waals surface area contributed by atoms with Gasteiger partial charge in [-0.05, 0) is 63.4 Å². The van der Waals surface area contributed by atoms with Crippen molar-refractivity contribution in [3.05, 3.63) is 53.6 Å². The average Bonchev–Trinajstić information content (AvgIpc) is 3.30. The normalized spacial score (nSPS) is 17.0. The molecule has 0 aromatic heterocycles. The SMILES string of the molecule is COc1cccc(NC(=O)c2cccc(N3CCCC3=O)c2)c1C(=O)NC1CCN(C(C)C)CC1. The number of likely N-dealkylation sites (tertiary alicyclic amines) is 1. The topological polar surface area (TPSA) is 91.0 Å². The number of nitrogens with one attached hydrogen (secondary N) is 2. The Morgan fingerprint density at radius 2 is 1.77 bits per heavy atom. The summed E-state index contributed by atoms with van der Waals surface area (Å²) in [5.74, 6) is -0.159. The Balaban J connectivity index is 1.50. The van der Waals surface area contributed by atoms with Crippen molar-refractivity contribution < 1.29 is 19.1 Å². The molecule has 8 heteroatoms. The predicted octanol–water partition coefficient (Wildman–Crippen LogP) is 3.68. The molecular formula is C27H34N4O4. The summed E-state index contributed by atoms with van der Waals surface area (Å²) in [6.07, 6.45) is 3.09. The molecule has 4 rings (SSSR count). The van der Waals surface area contributed by atoms with E-state index in [1.807, 2.05) is 6.07 Å². The maximum absolute atomic E-state index is 13.3. The van der Waals surface area contributed by atoms with E-state index in [0.29, 0.717) is 47.3 Å². The predicted molar refractivity (Wildman–Crippen MR) is 136 cm³/mol. The molecule has 0 atom stereocenters. The van der Waals surface area contributed by atoms with Crippen molar-refractivity contribution in [3.8, 4) is 5.75 Å². The minimum absolute atomic E-state index is 0.0635. The van der Waals surface area contributed by atoms with Crippen LogP contribution in [0.15, 0.2) is 42.5 Å². The minimum Gasteiger partial charge on any atom is -0.496 e.